The lowest BCUT2D eigenvalue weighted by Gasteiger charge is -2.12. The Hall–Kier alpha value is -3.02. The van der Waals surface area contributed by atoms with Crippen LogP contribution in [-0.2, 0) is 6.42 Å². The Morgan fingerprint density at radius 3 is 2.52 bits per heavy atom. The molecule has 0 aliphatic carbocycles. The van der Waals surface area contributed by atoms with Crippen LogP contribution >= 0.6 is 0 Å². The van der Waals surface area contributed by atoms with Crippen molar-refractivity contribution in [3.05, 3.63) is 65.7 Å². The molecule has 27 heavy (non-hydrogen) atoms. The minimum absolute atomic E-state index is 0.123. The molecule has 0 saturated carbocycles. The van der Waals surface area contributed by atoms with E-state index >= 15 is 0 Å². The second-order valence-corrected chi connectivity index (χ2v) is 5.91. The number of ether oxygens (including phenoxy) is 1. The maximum Gasteiger partial charge on any atom is 0.251 e. The number of nitrogens with zero attached hydrogens (tertiary/aromatic N) is 1. The quantitative estimate of drug-likeness (QED) is 0.360. The predicted molar refractivity (Wildman–Crippen MR) is 109 cm³/mol. The normalized spacial score (nSPS) is 11.0. The molecule has 0 heterocycles. The van der Waals surface area contributed by atoms with Crippen molar-refractivity contribution in [2.24, 2.45) is 4.99 Å². The van der Waals surface area contributed by atoms with E-state index in [1.165, 1.54) is 5.56 Å². The number of rotatable bonds is 9. The molecule has 2 rings (SSSR count). The van der Waals surface area contributed by atoms with E-state index in [2.05, 4.69) is 33.1 Å². The Balaban J connectivity index is 1.74. The molecule has 0 unspecified atom stereocenters. The average Bonchev–Trinajstić information content (AvgIpc) is 2.71. The highest BCUT2D eigenvalue weighted by Crippen LogP contribution is 2.12. The number of hydrogen-bond acceptors (Lipinski definition) is 3. The Morgan fingerprint density at radius 2 is 1.78 bits per heavy atom. The van der Waals surface area contributed by atoms with E-state index in [9.17, 15) is 4.79 Å². The zero-order chi connectivity index (χ0) is 19.3. The molecule has 1 amide bonds. The van der Waals surface area contributed by atoms with Gasteiger partial charge in [-0.15, -0.1) is 0 Å². The van der Waals surface area contributed by atoms with Crippen molar-refractivity contribution < 1.29 is 9.53 Å². The van der Waals surface area contributed by atoms with Crippen LogP contribution in [-0.4, -0.2) is 45.2 Å². The molecular weight excluding hydrogens is 340 g/mol. The third kappa shape index (κ3) is 7.40. The van der Waals surface area contributed by atoms with Crippen LogP contribution in [0, 0.1) is 0 Å². The van der Waals surface area contributed by atoms with Crippen LogP contribution in [0.5, 0.6) is 5.75 Å². The molecule has 6 heteroatoms. The van der Waals surface area contributed by atoms with Gasteiger partial charge in [0.2, 0.25) is 0 Å². The van der Waals surface area contributed by atoms with E-state index in [1.54, 1.807) is 25.3 Å². The molecule has 0 aliphatic rings. The van der Waals surface area contributed by atoms with Gasteiger partial charge in [0.05, 0.1) is 7.11 Å². The first-order valence-corrected chi connectivity index (χ1v) is 9.21. The second-order valence-electron chi connectivity index (χ2n) is 5.91. The number of amides is 1. The number of methoxy groups -OCH3 is 1. The Bertz CT molecular complexity index is 732. The molecule has 0 bridgehead atoms. The molecule has 0 atom stereocenters. The highest BCUT2D eigenvalue weighted by atomic mass is 16.5. The molecule has 0 fully saturated rings. The van der Waals surface area contributed by atoms with Gasteiger partial charge in [0.15, 0.2) is 5.96 Å². The molecule has 0 radical (unpaired) electrons. The van der Waals surface area contributed by atoms with Gasteiger partial charge in [-0.05, 0) is 37.1 Å². The van der Waals surface area contributed by atoms with Crippen molar-refractivity contribution in [3.63, 3.8) is 0 Å². The lowest BCUT2D eigenvalue weighted by atomic mass is 10.2. The Labute approximate surface area is 161 Å². The molecular formula is C21H28N4O2. The van der Waals surface area contributed by atoms with Gasteiger partial charge >= 0.3 is 0 Å². The zero-order valence-corrected chi connectivity index (χ0v) is 16.0. The topological polar surface area (TPSA) is 74.8 Å². The lowest BCUT2D eigenvalue weighted by molar-refractivity contribution is 0.0954. The van der Waals surface area contributed by atoms with Gasteiger partial charge in [0.25, 0.3) is 5.91 Å². The second kappa shape index (κ2) is 11.6. The van der Waals surface area contributed by atoms with Crippen LogP contribution < -0.4 is 20.7 Å². The van der Waals surface area contributed by atoms with Crippen LogP contribution in [0.4, 0.5) is 0 Å². The summed E-state index contributed by atoms with van der Waals surface area (Å²) in [6.45, 7) is 4.60. The van der Waals surface area contributed by atoms with Crippen molar-refractivity contribution in [3.8, 4) is 5.75 Å². The maximum absolute atomic E-state index is 12.2. The summed E-state index contributed by atoms with van der Waals surface area (Å²) in [4.78, 5) is 16.7. The fourth-order valence-electron chi connectivity index (χ4n) is 2.51. The van der Waals surface area contributed by atoms with E-state index in [0.29, 0.717) is 30.9 Å². The number of guanidine groups is 1. The van der Waals surface area contributed by atoms with Gasteiger partial charge < -0.3 is 20.7 Å². The summed E-state index contributed by atoms with van der Waals surface area (Å²) in [5.41, 5.74) is 1.85. The van der Waals surface area contributed by atoms with Gasteiger partial charge in [-0.1, -0.05) is 36.4 Å². The maximum atomic E-state index is 12.2. The Kier molecular flexibility index (Phi) is 8.69. The van der Waals surface area contributed by atoms with Gasteiger partial charge in [0.1, 0.15) is 5.75 Å². The summed E-state index contributed by atoms with van der Waals surface area (Å²) >= 11 is 0. The third-order valence-corrected chi connectivity index (χ3v) is 3.89. The molecule has 0 aliphatic heterocycles. The largest absolute Gasteiger partial charge is 0.497 e. The molecule has 2 aromatic carbocycles. The fraction of sp³-hybridized carbons (Fsp3) is 0.333. The molecule has 0 saturated heterocycles. The first kappa shape index (κ1) is 20.3. The van der Waals surface area contributed by atoms with Crippen molar-refractivity contribution in [2.45, 2.75) is 13.3 Å². The predicted octanol–water partition coefficient (Wildman–Crippen LogP) is 2.22. The van der Waals surface area contributed by atoms with Crippen molar-refractivity contribution in [2.75, 3.05) is 33.3 Å². The summed E-state index contributed by atoms with van der Waals surface area (Å²) in [5.74, 6) is 1.30. The van der Waals surface area contributed by atoms with Gasteiger partial charge in [-0.2, -0.15) is 0 Å². The van der Waals surface area contributed by atoms with Gasteiger partial charge in [0, 0.05) is 31.7 Å². The number of carbonyl (C=O) groups excluding carboxylic acids is 1. The van der Waals surface area contributed by atoms with Crippen LogP contribution in [0.3, 0.4) is 0 Å². The summed E-state index contributed by atoms with van der Waals surface area (Å²) in [6.07, 6.45) is 0.893. The smallest absolute Gasteiger partial charge is 0.251 e. The minimum atomic E-state index is -0.123. The molecule has 0 aromatic heterocycles. The van der Waals surface area contributed by atoms with E-state index in [-0.39, 0.29) is 5.91 Å². The molecule has 2 aromatic rings. The number of benzene rings is 2. The minimum Gasteiger partial charge on any atom is -0.497 e. The van der Waals surface area contributed by atoms with Gasteiger partial charge in [-0.3, -0.25) is 9.79 Å². The lowest BCUT2D eigenvalue weighted by Crippen LogP contribution is -2.41. The summed E-state index contributed by atoms with van der Waals surface area (Å²) in [7, 11) is 1.58. The van der Waals surface area contributed by atoms with E-state index in [0.717, 1.165) is 18.9 Å². The number of hydrogen-bond donors (Lipinski definition) is 3. The first-order valence-electron chi connectivity index (χ1n) is 9.21. The molecule has 0 spiro atoms. The van der Waals surface area contributed by atoms with Crippen molar-refractivity contribution >= 4 is 11.9 Å². The molecule has 6 nitrogen and oxygen atoms in total. The highest BCUT2D eigenvalue weighted by Gasteiger charge is 2.06. The average molecular weight is 368 g/mol. The molecule has 144 valence electrons. The van der Waals surface area contributed by atoms with Crippen LogP contribution in [0.15, 0.2) is 59.6 Å². The number of aliphatic imine (C=N–C) groups is 1. The monoisotopic (exact) mass is 368 g/mol. The zero-order valence-electron chi connectivity index (χ0n) is 16.0. The van der Waals surface area contributed by atoms with Crippen molar-refractivity contribution in [1.29, 1.82) is 0 Å². The van der Waals surface area contributed by atoms with E-state index in [1.807, 2.05) is 31.2 Å². The van der Waals surface area contributed by atoms with E-state index < -0.39 is 0 Å². The highest BCUT2D eigenvalue weighted by molar-refractivity contribution is 5.94. The molecule has 3 N–H and O–H groups in total. The third-order valence-electron chi connectivity index (χ3n) is 3.89. The SMILES string of the molecule is CCNC(=NCCc1ccccc1)NCCNC(=O)c1cccc(OC)c1. The fourth-order valence-corrected chi connectivity index (χ4v) is 2.51. The van der Waals surface area contributed by atoms with Crippen LogP contribution in [0.2, 0.25) is 0 Å². The van der Waals surface area contributed by atoms with Gasteiger partial charge in [-0.25, -0.2) is 0 Å². The van der Waals surface area contributed by atoms with E-state index in [4.69, 9.17) is 4.74 Å². The Morgan fingerprint density at radius 1 is 1.00 bits per heavy atom. The van der Waals surface area contributed by atoms with Crippen LogP contribution in [0.25, 0.3) is 0 Å². The summed E-state index contributed by atoms with van der Waals surface area (Å²) in [5, 5.41) is 9.34. The van der Waals surface area contributed by atoms with Crippen molar-refractivity contribution in [1.82, 2.24) is 16.0 Å². The first-order chi connectivity index (χ1) is 13.2. The van der Waals surface area contributed by atoms with Crippen LogP contribution in [0.1, 0.15) is 22.8 Å². The standard InChI is InChI=1S/C21H28N4O2/c1-3-22-21(24-13-12-17-8-5-4-6-9-17)25-15-14-23-20(26)18-10-7-11-19(16-18)27-2/h4-11,16H,3,12-15H2,1-2H3,(H,23,26)(H2,22,24,25). The number of carbonyl (C=O) groups is 1. The summed E-state index contributed by atoms with van der Waals surface area (Å²) < 4.78 is 5.14. The number of nitrogens with one attached hydrogen (secondary N) is 3. The summed E-state index contributed by atoms with van der Waals surface area (Å²) in [6, 6.07) is 17.4.